The Labute approximate surface area is 109 Å². The van der Waals surface area contributed by atoms with Crippen molar-refractivity contribution in [3.63, 3.8) is 0 Å². The number of esters is 1. The smallest absolute Gasteiger partial charge is 0.360 e. The van der Waals surface area contributed by atoms with E-state index in [9.17, 15) is 4.79 Å². The van der Waals surface area contributed by atoms with Crippen LogP contribution in [0.1, 0.15) is 10.5 Å². The van der Waals surface area contributed by atoms with Crippen LogP contribution in [0.4, 0.5) is 5.82 Å². The average Bonchev–Trinajstić information content (AvgIpc) is 2.38. The van der Waals surface area contributed by atoms with E-state index >= 15 is 0 Å². The first kappa shape index (κ1) is 12.3. The average molecular weight is 264 g/mol. The van der Waals surface area contributed by atoms with Crippen molar-refractivity contribution < 1.29 is 9.53 Å². The van der Waals surface area contributed by atoms with Crippen molar-refractivity contribution in [3.8, 4) is 11.3 Å². The number of nitrogens with two attached hydrogens (primary N) is 1. The fraction of sp³-hybridized carbons (Fsp3) is 0.0833. The van der Waals surface area contributed by atoms with E-state index in [0.717, 1.165) is 5.56 Å². The highest BCUT2D eigenvalue weighted by atomic mass is 35.5. The standard InChI is InChI=1S/C12H10ClN3O2/c1-18-12(17)10-11(14)16-9(6-15-10)7-2-4-8(13)5-3-7/h2-6H,1H3,(H2,14,16). The van der Waals surface area contributed by atoms with Crippen LogP contribution in [0.15, 0.2) is 30.5 Å². The van der Waals surface area contributed by atoms with Crippen molar-refractivity contribution in [2.24, 2.45) is 0 Å². The number of nitrogen functional groups attached to an aromatic ring is 1. The summed E-state index contributed by atoms with van der Waals surface area (Å²) in [4.78, 5) is 19.4. The second-order valence-electron chi connectivity index (χ2n) is 3.49. The van der Waals surface area contributed by atoms with Gasteiger partial charge in [0.05, 0.1) is 19.0 Å². The van der Waals surface area contributed by atoms with Gasteiger partial charge in [0.25, 0.3) is 0 Å². The Morgan fingerprint density at radius 2 is 2.00 bits per heavy atom. The lowest BCUT2D eigenvalue weighted by atomic mass is 10.1. The maximum Gasteiger partial charge on any atom is 0.360 e. The molecule has 0 spiro atoms. The number of benzene rings is 1. The van der Waals surface area contributed by atoms with Gasteiger partial charge in [-0.25, -0.2) is 14.8 Å². The van der Waals surface area contributed by atoms with E-state index in [-0.39, 0.29) is 11.5 Å². The van der Waals surface area contributed by atoms with E-state index < -0.39 is 5.97 Å². The molecule has 0 amide bonds. The number of rotatable bonds is 2. The fourth-order valence-corrected chi connectivity index (χ4v) is 1.54. The molecule has 18 heavy (non-hydrogen) atoms. The highest BCUT2D eigenvalue weighted by Crippen LogP contribution is 2.20. The number of nitrogens with zero attached hydrogens (tertiary/aromatic N) is 2. The molecule has 2 aromatic rings. The summed E-state index contributed by atoms with van der Waals surface area (Å²) in [7, 11) is 1.26. The molecular weight excluding hydrogens is 254 g/mol. The highest BCUT2D eigenvalue weighted by molar-refractivity contribution is 6.30. The highest BCUT2D eigenvalue weighted by Gasteiger charge is 2.14. The molecule has 0 unspecified atom stereocenters. The minimum atomic E-state index is -0.609. The number of halogens is 1. The zero-order valence-corrected chi connectivity index (χ0v) is 10.3. The number of ether oxygens (including phenoxy) is 1. The lowest BCUT2D eigenvalue weighted by Gasteiger charge is -2.05. The number of anilines is 1. The molecule has 1 aromatic heterocycles. The maximum absolute atomic E-state index is 11.3. The predicted molar refractivity (Wildman–Crippen MR) is 68.2 cm³/mol. The van der Waals surface area contributed by atoms with Crippen LogP contribution in [0.3, 0.4) is 0 Å². The summed E-state index contributed by atoms with van der Waals surface area (Å²) < 4.78 is 4.54. The Balaban J connectivity index is 2.40. The Morgan fingerprint density at radius 3 is 2.56 bits per heavy atom. The lowest BCUT2D eigenvalue weighted by Crippen LogP contribution is -2.10. The van der Waals surface area contributed by atoms with Crippen LogP contribution in [0.2, 0.25) is 5.02 Å². The van der Waals surface area contributed by atoms with Crippen molar-refractivity contribution >= 4 is 23.4 Å². The molecule has 0 bridgehead atoms. The van der Waals surface area contributed by atoms with Crippen LogP contribution in [0.5, 0.6) is 0 Å². The van der Waals surface area contributed by atoms with Gasteiger partial charge in [0.15, 0.2) is 11.5 Å². The van der Waals surface area contributed by atoms with Crippen LogP contribution in [0.25, 0.3) is 11.3 Å². The van der Waals surface area contributed by atoms with Gasteiger partial charge < -0.3 is 10.5 Å². The van der Waals surface area contributed by atoms with Crippen molar-refractivity contribution in [1.82, 2.24) is 9.97 Å². The van der Waals surface area contributed by atoms with Gasteiger partial charge in [-0.1, -0.05) is 23.7 Å². The molecule has 0 saturated carbocycles. The van der Waals surface area contributed by atoms with Crippen molar-refractivity contribution in [2.75, 3.05) is 12.8 Å². The van der Waals surface area contributed by atoms with Crippen LogP contribution < -0.4 is 5.73 Å². The normalized spacial score (nSPS) is 10.1. The first-order chi connectivity index (χ1) is 8.61. The molecule has 2 N–H and O–H groups in total. The zero-order chi connectivity index (χ0) is 13.1. The molecular formula is C12H10ClN3O2. The van der Waals surface area contributed by atoms with Gasteiger partial charge in [0.1, 0.15) is 0 Å². The molecule has 0 aliphatic carbocycles. The summed E-state index contributed by atoms with van der Waals surface area (Å²) in [5, 5.41) is 0.630. The monoisotopic (exact) mass is 263 g/mol. The van der Waals surface area contributed by atoms with E-state index in [4.69, 9.17) is 17.3 Å². The van der Waals surface area contributed by atoms with Gasteiger partial charge in [0.2, 0.25) is 0 Å². The number of methoxy groups -OCH3 is 1. The van der Waals surface area contributed by atoms with Gasteiger partial charge in [0, 0.05) is 10.6 Å². The minimum Gasteiger partial charge on any atom is -0.464 e. The van der Waals surface area contributed by atoms with E-state index in [0.29, 0.717) is 10.7 Å². The summed E-state index contributed by atoms with van der Waals surface area (Å²) in [5.74, 6) is -0.572. The molecule has 1 aromatic carbocycles. The van der Waals surface area contributed by atoms with Crippen LogP contribution in [-0.4, -0.2) is 23.0 Å². The Bertz CT molecular complexity index is 584. The third-order valence-corrected chi connectivity index (χ3v) is 2.57. The summed E-state index contributed by atoms with van der Waals surface area (Å²) in [6.45, 7) is 0. The van der Waals surface area contributed by atoms with Crippen LogP contribution >= 0.6 is 11.6 Å². The maximum atomic E-state index is 11.3. The van der Waals surface area contributed by atoms with Crippen molar-refractivity contribution in [1.29, 1.82) is 0 Å². The second-order valence-corrected chi connectivity index (χ2v) is 3.92. The molecule has 0 fully saturated rings. The molecule has 1 heterocycles. The van der Waals surface area contributed by atoms with E-state index in [1.54, 1.807) is 24.3 Å². The third-order valence-electron chi connectivity index (χ3n) is 2.32. The molecule has 0 aliphatic heterocycles. The first-order valence-corrected chi connectivity index (χ1v) is 5.46. The molecule has 92 valence electrons. The molecule has 0 saturated heterocycles. The number of carbonyl (C=O) groups is 1. The molecule has 5 nitrogen and oxygen atoms in total. The summed E-state index contributed by atoms with van der Waals surface area (Å²) in [6.07, 6.45) is 1.46. The summed E-state index contributed by atoms with van der Waals surface area (Å²) in [5.41, 5.74) is 7.06. The quantitative estimate of drug-likeness (QED) is 0.840. The number of carbonyl (C=O) groups excluding carboxylic acids is 1. The molecule has 6 heteroatoms. The summed E-state index contributed by atoms with van der Waals surface area (Å²) in [6, 6.07) is 7.07. The van der Waals surface area contributed by atoms with Gasteiger partial charge >= 0.3 is 5.97 Å². The van der Waals surface area contributed by atoms with E-state index in [1.165, 1.54) is 13.3 Å². The first-order valence-electron chi connectivity index (χ1n) is 5.08. The molecule has 0 aliphatic rings. The minimum absolute atomic E-state index is 0.00946. The van der Waals surface area contributed by atoms with Gasteiger partial charge in [-0.3, -0.25) is 0 Å². The lowest BCUT2D eigenvalue weighted by molar-refractivity contribution is 0.0595. The number of aromatic nitrogens is 2. The van der Waals surface area contributed by atoms with Gasteiger partial charge in [-0.2, -0.15) is 0 Å². The van der Waals surface area contributed by atoms with E-state index in [2.05, 4.69) is 14.7 Å². The third kappa shape index (κ3) is 2.41. The van der Waals surface area contributed by atoms with Gasteiger partial charge in [-0.05, 0) is 12.1 Å². The second kappa shape index (κ2) is 5.01. The van der Waals surface area contributed by atoms with Crippen LogP contribution in [0, 0.1) is 0 Å². The molecule has 0 atom stereocenters. The summed E-state index contributed by atoms with van der Waals surface area (Å²) >= 11 is 5.79. The fourth-order valence-electron chi connectivity index (χ4n) is 1.42. The van der Waals surface area contributed by atoms with Crippen molar-refractivity contribution in [3.05, 3.63) is 41.2 Å². The van der Waals surface area contributed by atoms with Crippen LogP contribution in [-0.2, 0) is 4.74 Å². The number of hydrogen-bond acceptors (Lipinski definition) is 5. The SMILES string of the molecule is COC(=O)c1ncc(-c2ccc(Cl)cc2)nc1N. The Hall–Kier alpha value is -2.14. The van der Waals surface area contributed by atoms with E-state index in [1.807, 2.05) is 0 Å². The Kier molecular flexibility index (Phi) is 3.43. The van der Waals surface area contributed by atoms with Crippen molar-refractivity contribution in [2.45, 2.75) is 0 Å². The zero-order valence-electron chi connectivity index (χ0n) is 9.55. The topological polar surface area (TPSA) is 78.1 Å². The molecule has 0 radical (unpaired) electrons. The predicted octanol–water partition coefficient (Wildman–Crippen LogP) is 2.17. The largest absolute Gasteiger partial charge is 0.464 e. The Morgan fingerprint density at radius 1 is 1.33 bits per heavy atom. The van der Waals surface area contributed by atoms with Gasteiger partial charge in [-0.15, -0.1) is 0 Å². The molecule has 2 rings (SSSR count). The number of hydrogen-bond donors (Lipinski definition) is 1.